The van der Waals surface area contributed by atoms with Gasteiger partial charge < -0.3 is 15.8 Å². The Morgan fingerprint density at radius 3 is 2.67 bits per heavy atom. The molecular weight excluding hydrogens is 435 g/mol. The molecule has 2 aromatic heterocycles. The Balaban J connectivity index is 1.55. The van der Waals surface area contributed by atoms with Crippen molar-refractivity contribution in [3.05, 3.63) is 47.9 Å². The summed E-state index contributed by atoms with van der Waals surface area (Å²) in [7, 11) is 1.45. The summed E-state index contributed by atoms with van der Waals surface area (Å²) in [5.74, 6) is 0.270. The third-order valence-corrected chi connectivity index (χ3v) is 6.13. The van der Waals surface area contributed by atoms with Crippen molar-refractivity contribution in [1.82, 2.24) is 14.8 Å². The summed E-state index contributed by atoms with van der Waals surface area (Å²) in [6.45, 7) is 0.714. The Kier molecular flexibility index (Phi) is 6.55. The number of rotatable bonds is 6. The number of pyridine rings is 1. The average Bonchev–Trinajstić information content (AvgIpc) is 3.21. The molecule has 1 saturated carbocycles. The van der Waals surface area contributed by atoms with Gasteiger partial charge in [0.15, 0.2) is 0 Å². The van der Waals surface area contributed by atoms with Crippen LogP contribution in [-0.2, 0) is 6.18 Å². The van der Waals surface area contributed by atoms with Crippen molar-refractivity contribution in [2.24, 2.45) is 11.7 Å². The number of ether oxygens (including phenoxy) is 1. The zero-order chi connectivity index (χ0) is 23.6. The summed E-state index contributed by atoms with van der Waals surface area (Å²) >= 11 is 0. The van der Waals surface area contributed by atoms with Gasteiger partial charge in [-0.3, -0.25) is 9.48 Å². The second kappa shape index (κ2) is 9.38. The molecule has 0 saturated heterocycles. The van der Waals surface area contributed by atoms with Gasteiger partial charge in [-0.15, -0.1) is 0 Å². The molecule has 1 aliphatic rings. The number of nitrogens with one attached hydrogen (secondary N) is 1. The smallest absolute Gasteiger partial charge is 0.433 e. The molecule has 0 radical (unpaired) electrons. The first kappa shape index (κ1) is 23.0. The maximum Gasteiger partial charge on any atom is 0.433 e. The number of anilines is 1. The molecule has 0 atom stereocenters. The molecule has 1 amide bonds. The van der Waals surface area contributed by atoms with E-state index in [-0.39, 0.29) is 5.69 Å². The van der Waals surface area contributed by atoms with Crippen molar-refractivity contribution in [2.45, 2.75) is 44.3 Å². The van der Waals surface area contributed by atoms with E-state index in [1.807, 2.05) is 10.9 Å². The lowest BCUT2D eigenvalue weighted by molar-refractivity contribution is -0.141. The lowest BCUT2D eigenvalue weighted by Gasteiger charge is -2.28. The van der Waals surface area contributed by atoms with E-state index >= 15 is 0 Å². The number of methoxy groups -OCH3 is 1. The lowest BCUT2D eigenvalue weighted by Crippen LogP contribution is -2.20. The minimum absolute atomic E-state index is 0.296. The summed E-state index contributed by atoms with van der Waals surface area (Å²) in [6, 6.07) is 6.92. The van der Waals surface area contributed by atoms with Gasteiger partial charge >= 0.3 is 6.18 Å². The van der Waals surface area contributed by atoms with Gasteiger partial charge in [-0.05, 0) is 62.8 Å². The summed E-state index contributed by atoms with van der Waals surface area (Å²) in [6.07, 6.45) is 2.64. The van der Waals surface area contributed by atoms with Crippen molar-refractivity contribution < 1.29 is 22.7 Å². The first-order valence-electron chi connectivity index (χ1n) is 10.9. The maximum atomic E-state index is 12.9. The highest BCUT2D eigenvalue weighted by Gasteiger charge is 2.33. The Morgan fingerprint density at radius 2 is 2.00 bits per heavy atom. The van der Waals surface area contributed by atoms with E-state index in [2.05, 4.69) is 10.3 Å². The topological polar surface area (TPSA) is 95.1 Å². The molecule has 0 bridgehead atoms. The Bertz CT molecular complexity index is 1140. The zero-order valence-electron chi connectivity index (χ0n) is 18.2. The van der Waals surface area contributed by atoms with Crippen LogP contribution < -0.4 is 15.8 Å². The Morgan fingerprint density at radius 1 is 1.24 bits per heavy atom. The van der Waals surface area contributed by atoms with Crippen molar-refractivity contribution in [3.63, 3.8) is 0 Å². The molecule has 3 N–H and O–H groups in total. The standard InChI is InChI=1S/C23H26F3N5O2/c1-33-20-12-18-15(13-31(30-18)16-7-5-14(6-8-16)9-10-27)11-19(20)29-22(32)17-3-2-4-21(28-17)23(24,25)26/h2-4,11-14,16H,5-10,27H2,1H3,(H,29,32)/t14-,16-. The highest BCUT2D eigenvalue weighted by atomic mass is 19.4. The molecule has 1 aliphatic carbocycles. The summed E-state index contributed by atoms with van der Waals surface area (Å²) in [4.78, 5) is 16.0. The van der Waals surface area contributed by atoms with Crippen LogP contribution in [0.1, 0.15) is 54.3 Å². The summed E-state index contributed by atoms with van der Waals surface area (Å²) in [5, 5.41) is 8.11. The predicted molar refractivity (Wildman–Crippen MR) is 118 cm³/mol. The number of amides is 1. The number of nitrogens with two attached hydrogens (primary N) is 1. The van der Waals surface area contributed by atoms with E-state index in [1.54, 1.807) is 12.1 Å². The number of aromatic nitrogens is 3. The molecule has 0 unspecified atom stereocenters. The number of nitrogens with zero attached hydrogens (tertiary/aromatic N) is 3. The molecule has 3 aromatic rings. The molecule has 2 heterocycles. The van der Waals surface area contributed by atoms with E-state index in [9.17, 15) is 18.0 Å². The number of halogens is 3. The molecule has 1 fully saturated rings. The van der Waals surface area contributed by atoms with Gasteiger partial charge in [0.05, 0.1) is 24.4 Å². The number of alkyl halides is 3. The van der Waals surface area contributed by atoms with Crippen LogP contribution in [0.15, 0.2) is 36.5 Å². The predicted octanol–water partition coefficient (Wildman–Crippen LogP) is 4.79. The molecule has 10 heteroatoms. The van der Waals surface area contributed by atoms with Crippen LogP contribution in [0.5, 0.6) is 5.75 Å². The van der Waals surface area contributed by atoms with Crippen LogP contribution in [0, 0.1) is 5.92 Å². The fourth-order valence-corrected chi connectivity index (χ4v) is 4.36. The van der Waals surface area contributed by atoms with Crippen LogP contribution in [0.4, 0.5) is 18.9 Å². The normalized spacial score (nSPS) is 18.9. The quantitative estimate of drug-likeness (QED) is 0.550. The minimum atomic E-state index is -4.63. The second-order valence-corrected chi connectivity index (χ2v) is 8.33. The molecule has 7 nitrogen and oxygen atoms in total. The molecule has 176 valence electrons. The molecule has 1 aromatic carbocycles. The van der Waals surface area contributed by atoms with E-state index in [0.717, 1.165) is 49.6 Å². The third-order valence-electron chi connectivity index (χ3n) is 6.13. The van der Waals surface area contributed by atoms with Crippen LogP contribution in [0.25, 0.3) is 10.9 Å². The van der Waals surface area contributed by atoms with Gasteiger partial charge in [0.2, 0.25) is 0 Å². The number of carbonyl (C=O) groups excluding carboxylic acids is 1. The van der Waals surface area contributed by atoms with Crippen LogP contribution in [0.3, 0.4) is 0 Å². The SMILES string of the molecule is COc1cc2nn([C@H]3CC[C@H](CCN)CC3)cc2cc1NC(=O)c1cccc(C(F)(F)F)n1. The number of hydrogen-bond donors (Lipinski definition) is 2. The van der Waals surface area contributed by atoms with E-state index < -0.39 is 17.8 Å². The van der Waals surface area contributed by atoms with Gasteiger partial charge in [0, 0.05) is 17.6 Å². The minimum Gasteiger partial charge on any atom is -0.494 e. The monoisotopic (exact) mass is 461 g/mol. The summed E-state index contributed by atoms with van der Waals surface area (Å²) in [5.41, 5.74) is 5.27. The zero-order valence-corrected chi connectivity index (χ0v) is 18.2. The van der Waals surface area contributed by atoms with Crippen molar-refractivity contribution in [1.29, 1.82) is 0 Å². The van der Waals surface area contributed by atoms with Crippen LogP contribution in [-0.4, -0.2) is 34.3 Å². The fraction of sp³-hybridized carbons (Fsp3) is 0.435. The molecule has 4 rings (SSSR count). The van der Waals surface area contributed by atoms with Gasteiger partial charge in [-0.25, -0.2) is 4.98 Å². The molecule has 0 spiro atoms. The largest absolute Gasteiger partial charge is 0.494 e. The molecular formula is C23H26F3N5O2. The Hall–Kier alpha value is -3.14. The van der Waals surface area contributed by atoms with Crippen LogP contribution >= 0.6 is 0 Å². The molecule has 33 heavy (non-hydrogen) atoms. The third kappa shape index (κ3) is 5.11. The van der Waals surface area contributed by atoms with E-state index in [1.165, 1.54) is 13.2 Å². The Labute approximate surface area is 189 Å². The maximum absolute atomic E-state index is 12.9. The fourth-order valence-electron chi connectivity index (χ4n) is 4.36. The van der Waals surface area contributed by atoms with Crippen molar-refractivity contribution in [2.75, 3.05) is 19.0 Å². The van der Waals surface area contributed by atoms with Crippen LogP contribution in [0.2, 0.25) is 0 Å². The van der Waals surface area contributed by atoms with Gasteiger partial charge in [-0.2, -0.15) is 18.3 Å². The highest BCUT2D eigenvalue weighted by molar-refractivity contribution is 6.05. The highest BCUT2D eigenvalue weighted by Crippen LogP contribution is 2.36. The van der Waals surface area contributed by atoms with Crippen molar-refractivity contribution >= 4 is 22.5 Å². The average molecular weight is 461 g/mol. The lowest BCUT2D eigenvalue weighted by atomic mass is 9.84. The first-order chi connectivity index (χ1) is 15.8. The number of hydrogen-bond acceptors (Lipinski definition) is 5. The van der Waals surface area contributed by atoms with E-state index in [4.69, 9.17) is 15.6 Å². The van der Waals surface area contributed by atoms with Crippen molar-refractivity contribution in [3.8, 4) is 5.75 Å². The number of carbonyl (C=O) groups is 1. The van der Waals surface area contributed by atoms with Gasteiger partial charge in [-0.1, -0.05) is 6.07 Å². The number of benzene rings is 1. The number of fused-ring (bicyclic) bond motifs is 1. The van der Waals surface area contributed by atoms with E-state index in [0.29, 0.717) is 35.5 Å². The van der Waals surface area contributed by atoms with Gasteiger partial charge in [0.1, 0.15) is 17.1 Å². The molecule has 0 aliphatic heterocycles. The summed E-state index contributed by atoms with van der Waals surface area (Å²) < 4.78 is 46.2. The first-order valence-corrected chi connectivity index (χ1v) is 10.9. The second-order valence-electron chi connectivity index (χ2n) is 8.33. The van der Waals surface area contributed by atoms with Gasteiger partial charge in [0.25, 0.3) is 5.91 Å².